The van der Waals surface area contributed by atoms with E-state index in [2.05, 4.69) is 76.8 Å². The molecule has 0 aromatic carbocycles. The molecule has 0 spiro atoms. The minimum absolute atomic E-state index is 0.0239. The molecule has 0 heterocycles. The van der Waals surface area contributed by atoms with Gasteiger partial charge < -0.3 is 19.3 Å². The summed E-state index contributed by atoms with van der Waals surface area (Å²) in [6.07, 6.45) is 43.2. The van der Waals surface area contributed by atoms with Crippen molar-refractivity contribution >= 4 is 0 Å². The highest BCUT2D eigenvalue weighted by Crippen LogP contribution is 2.67. The molecule has 6 unspecified atom stereocenters. The Bertz CT molecular complexity index is 1230. The monoisotopic (exact) mass is 824 g/mol. The number of aliphatic hydroxyl groups excluding tert-OH is 1. The molecule has 0 aromatic heterocycles. The second kappa shape index (κ2) is 26.6. The molecule has 0 bridgehead atoms. The SMILES string of the molecule is CCCCC/C=C\C/C=C\CCCCCCCCOCC(CO)(COCCCO[C@H]1CC[C@@]2(C)C(=CCC3C4CCC(C(C)CCCC(C)C)[C@@]4(C)CCC32)C1)N(C)C. The third kappa shape index (κ3) is 15.1. The van der Waals surface area contributed by atoms with E-state index >= 15 is 0 Å². The van der Waals surface area contributed by atoms with Crippen LogP contribution < -0.4 is 0 Å². The molecule has 4 aliphatic rings. The first-order valence-electron chi connectivity index (χ1n) is 25.6. The van der Waals surface area contributed by atoms with Crippen LogP contribution in [-0.2, 0) is 14.2 Å². The third-order valence-corrected chi connectivity index (χ3v) is 16.5. The van der Waals surface area contributed by atoms with Crippen molar-refractivity contribution in [3.63, 3.8) is 0 Å². The Morgan fingerprint density at radius 2 is 1.44 bits per heavy atom. The smallest absolute Gasteiger partial charge is 0.0907 e. The molecule has 5 nitrogen and oxygen atoms in total. The standard InChI is InChI=1S/C54H97NO4/c1-9-10-11-12-13-14-15-16-17-18-19-20-21-22-23-24-37-57-42-54(41-56,55(7)8)43-58-38-26-39-59-47-33-35-52(5)46(40-47)29-30-48-50-32-31-49(45(4)28-25-27-44(2)3)53(50,6)36-34-51(48)52/h13-14,16-17,29,44-45,47-51,56H,9-12,15,18-28,30-43H2,1-8H3/b14-13-,17-16-/t45?,47-,48?,49?,50?,51?,52-,53+,54?/m0/s1. The van der Waals surface area contributed by atoms with Crippen molar-refractivity contribution in [1.82, 2.24) is 4.90 Å². The summed E-state index contributed by atoms with van der Waals surface area (Å²) in [5, 5.41) is 10.4. The largest absolute Gasteiger partial charge is 0.394 e. The molecule has 5 heteroatoms. The van der Waals surface area contributed by atoms with E-state index in [0.717, 1.165) is 74.4 Å². The molecule has 0 saturated heterocycles. The quantitative estimate of drug-likeness (QED) is 0.0557. The first-order valence-corrected chi connectivity index (χ1v) is 25.6. The van der Waals surface area contributed by atoms with Crippen LogP contribution in [0.3, 0.4) is 0 Å². The lowest BCUT2D eigenvalue weighted by Gasteiger charge is -2.58. The van der Waals surface area contributed by atoms with Crippen LogP contribution in [0.5, 0.6) is 0 Å². The number of rotatable bonds is 31. The lowest BCUT2D eigenvalue weighted by molar-refractivity contribution is -0.0750. The van der Waals surface area contributed by atoms with Gasteiger partial charge in [0.05, 0.1) is 31.5 Å². The summed E-state index contributed by atoms with van der Waals surface area (Å²) in [4.78, 5) is 2.08. The van der Waals surface area contributed by atoms with Crippen molar-refractivity contribution in [2.75, 3.05) is 53.7 Å². The fraction of sp³-hybridized carbons (Fsp3) is 0.889. The minimum Gasteiger partial charge on any atom is -0.394 e. The zero-order chi connectivity index (χ0) is 42.6. The highest BCUT2D eigenvalue weighted by molar-refractivity contribution is 5.25. The fourth-order valence-electron chi connectivity index (χ4n) is 12.5. The van der Waals surface area contributed by atoms with Gasteiger partial charge in [0.25, 0.3) is 0 Å². The molecule has 4 aliphatic carbocycles. The molecule has 0 aromatic rings. The summed E-state index contributed by atoms with van der Waals surface area (Å²) in [6.45, 7) is 18.1. The molecule has 59 heavy (non-hydrogen) atoms. The molecular formula is C54H97NO4. The van der Waals surface area contributed by atoms with E-state index in [1.54, 1.807) is 5.57 Å². The number of allylic oxidation sites excluding steroid dienone is 5. The molecule has 0 amide bonds. The predicted octanol–water partition coefficient (Wildman–Crippen LogP) is 13.9. The summed E-state index contributed by atoms with van der Waals surface area (Å²) in [6, 6.07) is 0. The Morgan fingerprint density at radius 1 is 0.763 bits per heavy atom. The van der Waals surface area contributed by atoms with Crippen molar-refractivity contribution in [1.29, 1.82) is 0 Å². The van der Waals surface area contributed by atoms with Gasteiger partial charge in [-0.25, -0.2) is 0 Å². The zero-order valence-corrected chi connectivity index (χ0v) is 40.3. The number of unbranched alkanes of at least 4 members (excludes halogenated alkanes) is 9. The first kappa shape index (κ1) is 50.7. The lowest BCUT2D eigenvalue weighted by Crippen LogP contribution is -2.55. The van der Waals surface area contributed by atoms with Gasteiger partial charge in [0.15, 0.2) is 0 Å². The molecule has 0 radical (unpaired) electrons. The van der Waals surface area contributed by atoms with Gasteiger partial charge in [-0.3, -0.25) is 4.90 Å². The number of ether oxygens (including phenoxy) is 3. The number of hydrogen-bond donors (Lipinski definition) is 1. The van der Waals surface area contributed by atoms with Crippen molar-refractivity contribution < 1.29 is 19.3 Å². The van der Waals surface area contributed by atoms with Crippen LogP contribution in [0.2, 0.25) is 0 Å². The third-order valence-electron chi connectivity index (χ3n) is 16.5. The molecular weight excluding hydrogens is 727 g/mol. The Kier molecular flexibility index (Phi) is 22.8. The highest BCUT2D eigenvalue weighted by Gasteiger charge is 2.59. The van der Waals surface area contributed by atoms with Gasteiger partial charge in [0.1, 0.15) is 0 Å². The van der Waals surface area contributed by atoms with Gasteiger partial charge in [-0.15, -0.1) is 0 Å². The van der Waals surface area contributed by atoms with E-state index in [1.165, 1.54) is 128 Å². The van der Waals surface area contributed by atoms with E-state index in [-0.39, 0.29) is 6.61 Å². The molecule has 4 rings (SSSR count). The molecule has 9 atom stereocenters. The van der Waals surface area contributed by atoms with Crippen molar-refractivity contribution in [2.24, 2.45) is 46.3 Å². The van der Waals surface area contributed by atoms with Crippen LogP contribution >= 0.6 is 0 Å². The maximum atomic E-state index is 10.4. The van der Waals surface area contributed by atoms with Crippen molar-refractivity contribution in [3.05, 3.63) is 36.0 Å². The van der Waals surface area contributed by atoms with Gasteiger partial charge >= 0.3 is 0 Å². The van der Waals surface area contributed by atoms with E-state index < -0.39 is 5.54 Å². The number of aliphatic hydroxyl groups is 1. The number of fused-ring (bicyclic) bond motifs is 5. The summed E-state index contributed by atoms with van der Waals surface area (Å²) < 4.78 is 18.9. The second-order valence-electron chi connectivity index (χ2n) is 21.3. The predicted molar refractivity (Wildman–Crippen MR) is 252 cm³/mol. The molecule has 342 valence electrons. The Labute approximate surface area is 366 Å². The fourth-order valence-corrected chi connectivity index (χ4v) is 12.5. The van der Waals surface area contributed by atoms with Gasteiger partial charge in [0.2, 0.25) is 0 Å². The summed E-state index contributed by atoms with van der Waals surface area (Å²) in [7, 11) is 4.05. The average Bonchev–Trinajstić information content (AvgIpc) is 3.58. The average molecular weight is 824 g/mol. The van der Waals surface area contributed by atoms with Crippen molar-refractivity contribution in [3.8, 4) is 0 Å². The molecule has 3 fully saturated rings. The Morgan fingerprint density at radius 3 is 2.12 bits per heavy atom. The summed E-state index contributed by atoms with van der Waals surface area (Å²) in [5.74, 6) is 5.32. The van der Waals surface area contributed by atoms with Crippen LogP contribution in [0, 0.1) is 46.3 Å². The molecule has 3 saturated carbocycles. The Hall–Kier alpha value is -0.980. The maximum Gasteiger partial charge on any atom is 0.0907 e. The maximum absolute atomic E-state index is 10.4. The van der Waals surface area contributed by atoms with Crippen molar-refractivity contribution in [2.45, 2.75) is 207 Å². The lowest BCUT2D eigenvalue weighted by atomic mass is 9.47. The van der Waals surface area contributed by atoms with E-state index in [4.69, 9.17) is 14.2 Å². The van der Waals surface area contributed by atoms with Gasteiger partial charge in [-0.05, 0) is 157 Å². The summed E-state index contributed by atoms with van der Waals surface area (Å²) >= 11 is 0. The van der Waals surface area contributed by atoms with Crippen LogP contribution in [-0.4, -0.2) is 75.4 Å². The number of nitrogens with zero attached hydrogens (tertiary/aromatic N) is 1. The summed E-state index contributed by atoms with van der Waals surface area (Å²) in [5.41, 5.74) is 2.14. The van der Waals surface area contributed by atoms with Crippen LogP contribution in [0.15, 0.2) is 36.0 Å². The normalized spacial score (nSPS) is 29.9. The topological polar surface area (TPSA) is 51.2 Å². The van der Waals surface area contributed by atoms with E-state index in [1.807, 2.05) is 14.1 Å². The highest BCUT2D eigenvalue weighted by atomic mass is 16.5. The second-order valence-corrected chi connectivity index (χ2v) is 21.3. The first-order chi connectivity index (χ1) is 28.5. The Balaban J connectivity index is 1.07. The number of hydrogen-bond acceptors (Lipinski definition) is 5. The molecule has 1 N–H and O–H groups in total. The van der Waals surface area contributed by atoms with Gasteiger partial charge in [-0.2, -0.15) is 0 Å². The van der Waals surface area contributed by atoms with Crippen LogP contribution in [0.1, 0.15) is 196 Å². The molecule has 0 aliphatic heterocycles. The van der Waals surface area contributed by atoms with Gasteiger partial charge in [-0.1, -0.05) is 135 Å². The van der Waals surface area contributed by atoms with E-state index in [0.29, 0.717) is 36.8 Å². The zero-order valence-electron chi connectivity index (χ0n) is 40.3. The minimum atomic E-state index is -0.514. The number of likely N-dealkylation sites (N-methyl/N-ethyl adjacent to an activating group) is 1. The van der Waals surface area contributed by atoms with Crippen LogP contribution in [0.25, 0.3) is 0 Å². The van der Waals surface area contributed by atoms with E-state index in [9.17, 15) is 5.11 Å². The van der Waals surface area contributed by atoms with Gasteiger partial charge in [0, 0.05) is 19.8 Å². The van der Waals surface area contributed by atoms with Crippen LogP contribution in [0.4, 0.5) is 0 Å².